The van der Waals surface area contributed by atoms with E-state index in [1.165, 1.54) is 34.9 Å². The van der Waals surface area contributed by atoms with Crippen molar-refractivity contribution in [2.24, 2.45) is 0 Å². The van der Waals surface area contributed by atoms with E-state index < -0.39 is 11.7 Å². The first kappa shape index (κ1) is 31.7. The predicted molar refractivity (Wildman–Crippen MR) is 184 cm³/mol. The molecule has 2 amide bonds. The highest BCUT2D eigenvalue weighted by molar-refractivity contribution is 6.16. The molecule has 49 heavy (non-hydrogen) atoms. The fraction of sp³-hybridized carbons (Fsp3) is 0.132. The van der Waals surface area contributed by atoms with E-state index in [0.29, 0.717) is 46.1 Å². The quantitative estimate of drug-likeness (QED) is 0.203. The van der Waals surface area contributed by atoms with Crippen LogP contribution in [0.5, 0.6) is 17.2 Å². The smallest absolute Gasteiger partial charge is 0.265 e. The standard InChI is InChI=1S/C38H29FN4O5.ClH/c1-23-16-24-6-2-3-7-25(24)21-42(23)37(45)29-19-36-35(47-22-48-36)18-28(29)34-17-30(32-8-4-5-15-41(32)34)38(46)43(26-9-11-27(44)12-10-26)33-13-14-40-20-31(33)39;/h2-15,17-20,23,44H,16,21-22H2,1H3;1H/t23-;/m1./s1. The third kappa shape index (κ3) is 5.49. The van der Waals surface area contributed by atoms with Gasteiger partial charge in [0, 0.05) is 36.2 Å². The zero-order valence-corrected chi connectivity index (χ0v) is 27.1. The number of amides is 2. The Kier molecular flexibility index (Phi) is 8.17. The number of fused-ring (bicyclic) bond motifs is 3. The number of phenolic OH excluding ortho intramolecular Hbond substituents is 1. The zero-order chi connectivity index (χ0) is 32.9. The minimum Gasteiger partial charge on any atom is -0.508 e. The van der Waals surface area contributed by atoms with Gasteiger partial charge in [0.1, 0.15) is 5.75 Å². The second kappa shape index (κ2) is 12.6. The number of pyridine rings is 2. The van der Waals surface area contributed by atoms with Gasteiger partial charge < -0.3 is 23.9 Å². The molecule has 0 saturated heterocycles. The van der Waals surface area contributed by atoms with Gasteiger partial charge in [0.05, 0.1) is 34.2 Å². The van der Waals surface area contributed by atoms with Crippen molar-refractivity contribution in [2.45, 2.75) is 25.9 Å². The van der Waals surface area contributed by atoms with E-state index in [1.807, 2.05) is 52.8 Å². The minimum absolute atomic E-state index is 0. The molecule has 2 aliphatic rings. The second-order valence-electron chi connectivity index (χ2n) is 11.9. The van der Waals surface area contributed by atoms with Gasteiger partial charge in [-0.25, -0.2) is 4.39 Å². The molecule has 3 aromatic heterocycles. The lowest BCUT2D eigenvalue weighted by Crippen LogP contribution is -2.42. The number of nitrogens with zero attached hydrogens (tertiary/aromatic N) is 4. The maximum absolute atomic E-state index is 15.3. The molecule has 8 rings (SSSR count). The van der Waals surface area contributed by atoms with E-state index in [0.717, 1.165) is 18.2 Å². The molecule has 246 valence electrons. The molecule has 3 aromatic carbocycles. The molecule has 6 aromatic rings. The highest BCUT2D eigenvalue weighted by Crippen LogP contribution is 2.42. The van der Waals surface area contributed by atoms with Crippen molar-refractivity contribution < 1.29 is 28.6 Å². The Labute approximate surface area is 287 Å². The van der Waals surface area contributed by atoms with Crippen LogP contribution in [0, 0.1) is 5.82 Å². The number of aromatic hydroxyl groups is 1. The van der Waals surface area contributed by atoms with Crippen LogP contribution in [0.25, 0.3) is 16.8 Å². The van der Waals surface area contributed by atoms with E-state index in [4.69, 9.17) is 9.47 Å². The molecular formula is C38H30ClFN4O5. The van der Waals surface area contributed by atoms with Crippen LogP contribution in [-0.2, 0) is 13.0 Å². The predicted octanol–water partition coefficient (Wildman–Crippen LogP) is 7.56. The molecule has 5 heterocycles. The molecule has 0 unspecified atom stereocenters. The van der Waals surface area contributed by atoms with Crippen molar-refractivity contribution in [3.8, 4) is 28.5 Å². The molecule has 2 aliphatic heterocycles. The summed E-state index contributed by atoms with van der Waals surface area (Å²) in [5.41, 5.74) is 5.02. The van der Waals surface area contributed by atoms with Crippen molar-refractivity contribution in [2.75, 3.05) is 11.7 Å². The van der Waals surface area contributed by atoms with Crippen molar-refractivity contribution in [3.63, 3.8) is 0 Å². The van der Waals surface area contributed by atoms with Crippen LogP contribution in [-0.4, -0.2) is 44.0 Å². The average molecular weight is 677 g/mol. The summed E-state index contributed by atoms with van der Waals surface area (Å²) in [5.74, 6) is -0.421. The lowest BCUT2D eigenvalue weighted by molar-refractivity contribution is 0.0658. The third-order valence-corrected chi connectivity index (χ3v) is 9.00. The molecule has 1 atom stereocenters. The van der Waals surface area contributed by atoms with Gasteiger partial charge in [0.2, 0.25) is 6.79 Å². The Morgan fingerprint density at radius 2 is 1.65 bits per heavy atom. The molecule has 0 radical (unpaired) electrons. The lowest BCUT2D eigenvalue weighted by atomic mass is 9.93. The number of hydrogen-bond acceptors (Lipinski definition) is 6. The number of carbonyl (C=O) groups excluding carboxylic acids is 2. The summed E-state index contributed by atoms with van der Waals surface area (Å²) in [6.07, 6.45) is 5.00. The number of carbonyl (C=O) groups is 2. The number of benzene rings is 3. The Morgan fingerprint density at radius 3 is 2.43 bits per heavy atom. The molecule has 0 fully saturated rings. The Balaban J connectivity index is 0.00000378. The van der Waals surface area contributed by atoms with Crippen molar-refractivity contribution in [3.05, 3.63) is 138 Å². The van der Waals surface area contributed by atoms with E-state index >= 15 is 4.39 Å². The summed E-state index contributed by atoms with van der Waals surface area (Å²) >= 11 is 0. The van der Waals surface area contributed by atoms with E-state index in [2.05, 4.69) is 11.1 Å². The van der Waals surface area contributed by atoms with Gasteiger partial charge >= 0.3 is 0 Å². The third-order valence-electron chi connectivity index (χ3n) is 9.00. The van der Waals surface area contributed by atoms with Gasteiger partial charge in [-0.3, -0.25) is 19.5 Å². The van der Waals surface area contributed by atoms with Crippen molar-refractivity contribution in [1.29, 1.82) is 0 Å². The summed E-state index contributed by atoms with van der Waals surface area (Å²) in [4.78, 5) is 36.1. The van der Waals surface area contributed by atoms with Gasteiger partial charge in [0.15, 0.2) is 17.3 Å². The number of ether oxygens (including phenoxy) is 2. The largest absolute Gasteiger partial charge is 0.508 e. The number of phenols is 1. The van der Waals surface area contributed by atoms with E-state index in [9.17, 15) is 14.7 Å². The maximum Gasteiger partial charge on any atom is 0.265 e. The van der Waals surface area contributed by atoms with Crippen molar-refractivity contribution >= 4 is 41.1 Å². The highest BCUT2D eigenvalue weighted by Gasteiger charge is 2.33. The van der Waals surface area contributed by atoms with Crippen LogP contribution in [0.15, 0.2) is 110 Å². The maximum atomic E-state index is 15.3. The molecule has 9 nitrogen and oxygen atoms in total. The summed E-state index contributed by atoms with van der Waals surface area (Å²) in [6.45, 7) is 2.53. The van der Waals surface area contributed by atoms with Crippen LogP contribution in [0.1, 0.15) is 38.8 Å². The number of halogens is 2. The Hall–Kier alpha value is -5.87. The number of hydrogen-bond donors (Lipinski definition) is 1. The summed E-state index contributed by atoms with van der Waals surface area (Å²) in [7, 11) is 0. The molecule has 0 aliphatic carbocycles. The van der Waals surface area contributed by atoms with Crippen molar-refractivity contribution in [1.82, 2.24) is 14.3 Å². The molecule has 11 heteroatoms. The molecule has 0 bridgehead atoms. The van der Waals surface area contributed by atoms with Gasteiger partial charge in [0.25, 0.3) is 11.8 Å². The number of rotatable bonds is 5. The second-order valence-corrected chi connectivity index (χ2v) is 11.9. The monoisotopic (exact) mass is 676 g/mol. The molecule has 0 saturated carbocycles. The minimum atomic E-state index is -0.691. The lowest BCUT2D eigenvalue weighted by Gasteiger charge is -2.35. The summed E-state index contributed by atoms with van der Waals surface area (Å²) < 4.78 is 28.6. The Morgan fingerprint density at radius 1 is 0.918 bits per heavy atom. The SMILES string of the molecule is C[C@@H]1Cc2ccccc2CN1C(=O)c1cc2c(cc1-c1cc(C(=O)N(c3ccc(O)cc3)c3ccncc3F)c3ccccn13)OCO2.Cl. The molecular weight excluding hydrogens is 647 g/mol. The summed E-state index contributed by atoms with van der Waals surface area (Å²) in [6, 6.07) is 26.1. The van der Waals surface area contributed by atoms with Gasteiger partial charge in [-0.1, -0.05) is 30.3 Å². The van der Waals surface area contributed by atoms with Gasteiger partial charge in [-0.05, 0) is 85.1 Å². The Bertz CT molecular complexity index is 2240. The normalized spacial score (nSPS) is 14.7. The number of aromatic nitrogens is 2. The first-order valence-electron chi connectivity index (χ1n) is 15.5. The highest BCUT2D eigenvalue weighted by atomic mass is 35.5. The number of anilines is 2. The van der Waals surface area contributed by atoms with Crippen LogP contribution < -0.4 is 14.4 Å². The first-order chi connectivity index (χ1) is 23.4. The van der Waals surface area contributed by atoms with Gasteiger partial charge in [-0.15, -0.1) is 12.4 Å². The zero-order valence-electron chi connectivity index (χ0n) is 26.2. The van der Waals surface area contributed by atoms with Crippen LogP contribution in [0.3, 0.4) is 0 Å². The summed E-state index contributed by atoms with van der Waals surface area (Å²) in [5, 5.41) is 9.95. The topological polar surface area (TPSA) is 96.6 Å². The van der Waals surface area contributed by atoms with E-state index in [-0.39, 0.29) is 48.1 Å². The van der Waals surface area contributed by atoms with Gasteiger partial charge in [-0.2, -0.15) is 0 Å². The fourth-order valence-corrected chi connectivity index (χ4v) is 6.60. The van der Waals surface area contributed by atoms with E-state index in [1.54, 1.807) is 36.4 Å². The van der Waals surface area contributed by atoms with Crippen LogP contribution >= 0.6 is 12.4 Å². The average Bonchev–Trinajstić information content (AvgIpc) is 3.73. The fourth-order valence-electron chi connectivity index (χ4n) is 6.60. The van der Waals surface area contributed by atoms with Crippen LogP contribution in [0.4, 0.5) is 15.8 Å². The molecule has 1 N–H and O–H groups in total. The first-order valence-corrected chi connectivity index (χ1v) is 15.5. The van der Waals surface area contributed by atoms with Crippen LogP contribution in [0.2, 0.25) is 0 Å². The molecule has 0 spiro atoms.